The Kier molecular flexibility index (Phi) is 7.91. The van der Waals surface area contributed by atoms with Gasteiger partial charge in [-0.2, -0.15) is 5.10 Å². The SMILES string of the molecule is CCNC(=NCCCn1cccn1)NC1CCN(Cc2ccccc2)C(C)C1. The van der Waals surface area contributed by atoms with Gasteiger partial charge in [0.15, 0.2) is 5.96 Å². The highest BCUT2D eigenvalue weighted by Gasteiger charge is 2.25. The zero-order chi connectivity index (χ0) is 19.6. The molecule has 1 aliphatic heterocycles. The van der Waals surface area contributed by atoms with Crippen molar-refractivity contribution >= 4 is 5.96 Å². The highest BCUT2D eigenvalue weighted by atomic mass is 15.3. The predicted molar refractivity (Wildman–Crippen MR) is 115 cm³/mol. The summed E-state index contributed by atoms with van der Waals surface area (Å²) in [6, 6.07) is 13.8. The molecule has 1 saturated heterocycles. The van der Waals surface area contributed by atoms with E-state index in [9.17, 15) is 0 Å². The number of nitrogens with one attached hydrogen (secondary N) is 2. The number of piperidine rings is 1. The molecule has 2 aromatic rings. The third-order valence-corrected chi connectivity index (χ3v) is 5.30. The van der Waals surface area contributed by atoms with E-state index in [0.29, 0.717) is 12.1 Å². The standard InChI is InChI=1S/C22H34N6/c1-3-23-22(24-12-7-14-28-15-8-13-25-28)26-21-11-16-27(19(2)17-21)18-20-9-5-4-6-10-20/h4-6,8-10,13,15,19,21H,3,7,11-12,14,16-18H2,1-2H3,(H2,23,24,26). The van der Waals surface area contributed by atoms with Crippen molar-refractivity contribution in [2.24, 2.45) is 4.99 Å². The fourth-order valence-corrected chi connectivity index (χ4v) is 3.77. The molecule has 2 N–H and O–H groups in total. The summed E-state index contributed by atoms with van der Waals surface area (Å²) in [6.45, 7) is 9.20. The molecule has 1 fully saturated rings. The van der Waals surface area contributed by atoms with E-state index in [1.54, 1.807) is 0 Å². The summed E-state index contributed by atoms with van der Waals surface area (Å²) in [5.74, 6) is 0.941. The number of hydrogen-bond acceptors (Lipinski definition) is 3. The minimum atomic E-state index is 0.478. The molecule has 0 spiro atoms. The molecule has 0 bridgehead atoms. The summed E-state index contributed by atoms with van der Waals surface area (Å²) in [5.41, 5.74) is 1.40. The topological polar surface area (TPSA) is 57.5 Å². The van der Waals surface area contributed by atoms with Gasteiger partial charge < -0.3 is 10.6 Å². The van der Waals surface area contributed by atoms with Crippen LogP contribution < -0.4 is 10.6 Å². The molecule has 6 heteroatoms. The number of guanidine groups is 1. The number of rotatable bonds is 8. The lowest BCUT2D eigenvalue weighted by Crippen LogP contribution is -2.51. The third kappa shape index (κ3) is 6.37. The monoisotopic (exact) mass is 382 g/mol. The average Bonchev–Trinajstić information content (AvgIpc) is 3.22. The zero-order valence-electron chi connectivity index (χ0n) is 17.2. The average molecular weight is 383 g/mol. The van der Waals surface area contributed by atoms with E-state index in [0.717, 1.165) is 57.9 Å². The summed E-state index contributed by atoms with van der Waals surface area (Å²) in [4.78, 5) is 7.34. The molecule has 2 atom stereocenters. The Balaban J connectivity index is 1.45. The van der Waals surface area contributed by atoms with Crippen LogP contribution in [0.15, 0.2) is 53.8 Å². The molecule has 2 heterocycles. The van der Waals surface area contributed by atoms with Crippen LogP contribution in [0.5, 0.6) is 0 Å². The fraction of sp³-hybridized carbons (Fsp3) is 0.545. The number of aromatic nitrogens is 2. The van der Waals surface area contributed by atoms with Crippen LogP contribution >= 0.6 is 0 Å². The molecule has 3 rings (SSSR count). The highest BCUT2D eigenvalue weighted by molar-refractivity contribution is 5.80. The van der Waals surface area contributed by atoms with Crippen LogP contribution in [0.4, 0.5) is 0 Å². The van der Waals surface area contributed by atoms with Crippen LogP contribution in [0.3, 0.4) is 0 Å². The maximum atomic E-state index is 4.76. The lowest BCUT2D eigenvalue weighted by molar-refractivity contribution is 0.134. The Bertz CT molecular complexity index is 697. The molecule has 6 nitrogen and oxygen atoms in total. The van der Waals surface area contributed by atoms with E-state index in [2.05, 4.69) is 64.8 Å². The summed E-state index contributed by atoms with van der Waals surface area (Å²) in [7, 11) is 0. The summed E-state index contributed by atoms with van der Waals surface area (Å²) in [5, 5.41) is 11.3. The second-order valence-corrected chi connectivity index (χ2v) is 7.55. The van der Waals surface area contributed by atoms with E-state index in [1.807, 2.05) is 23.1 Å². The van der Waals surface area contributed by atoms with Gasteiger partial charge in [0.25, 0.3) is 0 Å². The van der Waals surface area contributed by atoms with E-state index in [-0.39, 0.29) is 0 Å². The molecule has 28 heavy (non-hydrogen) atoms. The number of hydrogen-bond donors (Lipinski definition) is 2. The largest absolute Gasteiger partial charge is 0.357 e. The number of likely N-dealkylation sites (tertiary alicyclic amines) is 1. The number of aryl methyl sites for hydroxylation is 1. The van der Waals surface area contributed by atoms with Crippen molar-refractivity contribution < 1.29 is 0 Å². The first-order chi connectivity index (χ1) is 13.7. The molecule has 1 aromatic heterocycles. The van der Waals surface area contributed by atoms with Gasteiger partial charge in [0.1, 0.15) is 0 Å². The van der Waals surface area contributed by atoms with Gasteiger partial charge >= 0.3 is 0 Å². The molecule has 152 valence electrons. The molecule has 0 saturated carbocycles. The summed E-state index contributed by atoms with van der Waals surface area (Å²) in [6.07, 6.45) is 7.10. The lowest BCUT2D eigenvalue weighted by Gasteiger charge is -2.38. The van der Waals surface area contributed by atoms with Gasteiger partial charge in [-0.1, -0.05) is 30.3 Å². The molecular formula is C22H34N6. The Hall–Kier alpha value is -2.34. The van der Waals surface area contributed by atoms with Crippen molar-refractivity contribution in [3.8, 4) is 0 Å². The van der Waals surface area contributed by atoms with Gasteiger partial charge in [-0.3, -0.25) is 14.6 Å². The molecule has 0 amide bonds. The Morgan fingerprint density at radius 1 is 1.25 bits per heavy atom. The highest BCUT2D eigenvalue weighted by Crippen LogP contribution is 2.19. The lowest BCUT2D eigenvalue weighted by atomic mass is 9.97. The van der Waals surface area contributed by atoms with Gasteiger partial charge in [-0.05, 0) is 44.7 Å². The normalized spacial score (nSPS) is 20.9. The number of aliphatic imine (C=N–C) groups is 1. The summed E-state index contributed by atoms with van der Waals surface area (Å²) < 4.78 is 1.96. The number of benzene rings is 1. The second kappa shape index (κ2) is 10.9. The van der Waals surface area contributed by atoms with Crippen LogP contribution in [0.1, 0.15) is 38.7 Å². The summed E-state index contributed by atoms with van der Waals surface area (Å²) >= 11 is 0. The molecular weight excluding hydrogens is 348 g/mol. The maximum absolute atomic E-state index is 4.76. The molecule has 1 aromatic carbocycles. The van der Waals surface area contributed by atoms with E-state index < -0.39 is 0 Å². The van der Waals surface area contributed by atoms with Crippen LogP contribution in [0.25, 0.3) is 0 Å². The first-order valence-electron chi connectivity index (χ1n) is 10.5. The molecule has 0 aliphatic carbocycles. The Morgan fingerprint density at radius 2 is 2.11 bits per heavy atom. The molecule has 1 aliphatic rings. The van der Waals surface area contributed by atoms with Crippen molar-refractivity contribution in [3.05, 3.63) is 54.4 Å². The zero-order valence-corrected chi connectivity index (χ0v) is 17.2. The molecule has 2 unspecified atom stereocenters. The third-order valence-electron chi connectivity index (χ3n) is 5.30. The second-order valence-electron chi connectivity index (χ2n) is 7.55. The first kappa shape index (κ1) is 20.4. The van der Waals surface area contributed by atoms with Gasteiger partial charge in [0.05, 0.1) is 0 Å². The fourth-order valence-electron chi connectivity index (χ4n) is 3.77. The van der Waals surface area contributed by atoms with Gasteiger partial charge in [-0.25, -0.2) is 0 Å². The van der Waals surface area contributed by atoms with Crippen LogP contribution in [0.2, 0.25) is 0 Å². The van der Waals surface area contributed by atoms with Crippen LogP contribution in [0, 0.1) is 0 Å². The maximum Gasteiger partial charge on any atom is 0.191 e. The van der Waals surface area contributed by atoms with Crippen molar-refractivity contribution in [1.29, 1.82) is 0 Å². The van der Waals surface area contributed by atoms with Crippen LogP contribution in [-0.2, 0) is 13.1 Å². The van der Waals surface area contributed by atoms with E-state index >= 15 is 0 Å². The van der Waals surface area contributed by atoms with Gasteiger partial charge in [0, 0.05) is 57.2 Å². The van der Waals surface area contributed by atoms with Crippen molar-refractivity contribution in [2.75, 3.05) is 19.6 Å². The first-order valence-corrected chi connectivity index (χ1v) is 10.5. The number of nitrogens with zero attached hydrogens (tertiary/aromatic N) is 4. The predicted octanol–water partition coefficient (Wildman–Crippen LogP) is 2.88. The minimum Gasteiger partial charge on any atom is -0.357 e. The van der Waals surface area contributed by atoms with Crippen LogP contribution in [-0.4, -0.2) is 52.4 Å². The quantitative estimate of drug-likeness (QED) is 0.419. The van der Waals surface area contributed by atoms with E-state index in [1.165, 1.54) is 5.56 Å². The smallest absolute Gasteiger partial charge is 0.191 e. The van der Waals surface area contributed by atoms with Crippen molar-refractivity contribution in [2.45, 2.75) is 58.3 Å². The van der Waals surface area contributed by atoms with E-state index in [4.69, 9.17) is 4.99 Å². The van der Waals surface area contributed by atoms with Crippen molar-refractivity contribution in [1.82, 2.24) is 25.3 Å². The van der Waals surface area contributed by atoms with Gasteiger partial charge in [-0.15, -0.1) is 0 Å². The van der Waals surface area contributed by atoms with Gasteiger partial charge in [0.2, 0.25) is 0 Å². The Labute approximate surface area is 169 Å². The van der Waals surface area contributed by atoms with Crippen molar-refractivity contribution in [3.63, 3.8) is 0 Å². The Morgan fingerprint density at radius 3 is 2.82 bits per heavy atom. The molecule has 0 radical (unpaired) electrons. The minimum absolute atomic E-state index is 0.478.